The van der Waals surface area contributed by atoms with Gasteiger partial charge in [0.05, 0.1) is 30.1 Å². The van der Waals surface area contributed by atoms with E-state index < -0.39 is 10.0 Å². The van der Waals surface area contributed by atoms with Gasteiger partial charge in [0.25, 0.3) is 0 Å². The highest BCUT2D eigenvalue weighted by atomic mass is 32.2. The Hall–Kier alpha value is -2.66. The molecule has 6 nitrogen and oxygen atoms in total. The number of sulfonamides is 1. The minimum absolute atomic E-state index is 0.133. The van der Waals surface area contributed by atoms with E-state index in [4.69, 9.17) is 0 Å². The third-order valence-corrected chi connectivity index (χ3v) is 8.44. The summed E-state index contributed by atoms with van der Waals surface area (Å²) in [4.78, 5) is 14.8. The number of nitrogens with zero attached hydrogens (tertiary/aromatic N) is 2. The van der Waals surface area contributed by atoms with Gasteiger partial charge in [-0.15, -0.1) is 0 Å². The van der Waals surface area contributed by atoms with E-state index in [0.29, 0.717) is 11.5 Å². The van der Waals surface area contributed by atoms with Crippen LogP contribution in [0.4, 0.5) is 0 Å². The molecule has 0 aliphatic carbocycles. The molecule has 0 saturated carbocycles. The smallest absolute Gasteiger partial charge is 0.243 e. The first-order valence-corrected chi connectivity index (χ1v) is 12.7. The normalized spacial score (nSPS) is 23.0. The fraction of sp³-hybridized carbons (Fsp3) is 0.423. The fourth-order valence-electron chi connectivity index (χ4n) is 4.78. The molecule has 2 fully saturated rings. The van der Waals surface area contributed by atoms with Crippen LogP contribution in [0.3, 0.4) is 0 Å². The number of carbonyl (C=O) groups excluding carboxylic acids is 1. The van der Waals surface area contributed by atoms with E-state index in [0.717, 1.165) is 17.5 Å². The number of piperazine rings is 1. The van der Waals surface area contributed by atoms with Gasteiger partial charge in [0.2, 0.25) is 15.9 Å². The molecular weight excluding hydrogens is 436 g/mol. The van der Waals surface area contributed by atoms with Crippen molar-refractivity contribution in [2.24, 2.45) is 5.92 Å². The highest BCUT2D eigenvalue weighted by Crippen LogP contribution is 2.43. The van der Waals surface area contributed by atoms with Gasteiger partial charge in [0.1, 0.15) is 0 Å². The van der Waals surface area contributed by atoms with Crippen molar-refractivity contribution in [1.82, 2.24) is 9.21 Å². The Bertz CT molecular complexity index is 1190. The van der Waals surface area contributed by atoms with Crippen LogP contribution >= 0.6 is 0 Å². The first-order valence-electron chi connectivity index (χ1n) is 11.3. The van der Waals surface area contributed by atoms with Crippen LogP contribution in [0.5, 0.6) is 0 Å². The molecule has 2 aromatic rings. The van der Waals surface area contributed by atoms with E-state index in [9.17, 15) is 18.3 Å². The molecule has 2 aromatic carbocycles. The van der Waals surface area contributed by atoms with Crippen LogP contribution in [0, 0.1) is 24.7 Å². The Balaban J connectivity index is 1.58. The maximum atomic E-state index is 13.3. The highest BCUT2D eigenvalue weighted by Gasteiger charge is 2.55. The lowest BCUT2D eigenvalue weighted by molar-refractivity contribution is -0.158. The van der Waals surface area contributed by atoms with Crippen molar-refractivity contribution >= 4 is 15.9 Å². The van der Waals surface area contributed by atoms with Crippen LogP contribution in [0.15, 0.2) is 53.4 Å². The van der Waals surface area contributed by atoms with Crippen molar-refractivity contribution in [3.8, 4) is 11.8 Å². The molecule has 174 valence electrons. The van der Waals surface area contributed by atoms with E-state index in [1.807, 2.05) is 24.3 Å². The van der Waals surface area contributed by atoms with Gasteiger partial charge in [-0.05, 0) is 42.2 Å². The lowest BCUT2D eigenvalue weighted by Crippen LogP contribution is -2.73. The first-order chi connectivity index (χ1) is 15.7. The molecule has 0 unspecified atom stereocenters. The molecule has 2 saturated heterocycles. The van der Waals surface area contributed by atoms with E-state index in [1.54, 1.807) is 36.1 Å². The summed E-state index contributed by atoms with van der Waals surface area (Å²) in [7, 11) is -3.80. The summed E-state index contributed by atoms with van der Waals surface area (Å²) >= 11 is 0. The summed E-state index contributed by atoms with van der Waals surface area (Å²) in [5.41, 5.74) is 2.55. The Morgan fingerprint density at radius 2 is 1.82 bits per heavy atom. The van der Waals surface area contributed by atoms with Gasteiger partial charge >= 0.3 is 0 Å². The number of rotatable bonds is 5. The summed E-state index contributed by atoms with van der Waals surface area (Å²) in [5.74, 6) is 6.46. The summed E-state index contributed by atoms with van der Waals surface area (Å²) in [6.45, 7) is 5.85. The first kappa shape index (κ1) is 23.5. The van der Waals surface area contributed by atoms with Crippen LogP contribution in [-0.4, -0.2) is 60.4 Å². The summed E-state index contributed by atoms with van der Waals surface area (Å²) in [5, 5.41) is 9.99. The zero-order chi connectivity index (χ0) is 23.8. The zero-order valence-corrected chi connectivity index (χ0v) is 20.0. The maximum absolute atomic E-state index is 13.3. The Kier molecular flexibility index (Phi) is 6.62. The summed E-state index contributed by atoms with van der Waals surface area (Å²) in [6.07, 6.45) is 0.835. The molecular formula is C26H30N2O4S. The topological polar surface area (TPSA) is 77.9 Å². The SMILES string of the molecule is Cc1ccccc1S(=O)(=O)N1CC(=O)N2[C@H](CO)[C@@H](c3ccc(C#CCC(C)C)cc3)[C@@H]2C1. The zero-order valence-electron chi connectivity index (χ0n) is 19.2. The standard InChI is InChI=1S/C26H30N2O4S/c1-18(2)7-6-9-20-11-13-21(14-12-20)26-22-15-27(16-25(30)28(22)23(26)17-29)33(31,32)24-10-5-4-8-19(24)3/h4-5,8,10-14,18,22-23,26,29H,7,15-17H2,1-3H3/t22-,23+,26-/m0/s1. The molecule has 0 spiro atoms. The van der Waals surface area contributed by atoms with Crippen molar-refractivity contribution < 1.29 is 18.3 Å². The quantitative estimate of drug-likeness (QED) is 0.688. The third-order valence-electron chi connectivity index (χ3n) is 6.47. The second-order valence-electron chi connectivity index (χ2n) is 9.23. The van der Waals surface area contributed by atoms with Crippen LogP contribution in [-0.2, 0) is 14.8 Å². The molecule has 2 aliphatic rings. The Labute approximate surface area is 196 Å². The molecule has 2 aliphatic heterocycles. The van der Waals surface area contributed by atoms with Gasteiger partial charge in [-0.1, -0.05) is 56.0 Å². The third kappa shape index (κ3) is 4.43. The molecule has 0 radical (unpaired) electrons. The minimum atomic E-state index is -3.80. The molecule has 1 amide bonds. The van der Waals surface area contributed by atoms with E-state index >= 15 is 0 Å². The Morgan fingerprint density at radius 3 is 2.45 bits per heavy atom. The minimum Gasteiger partial charge on any atom is -0.394 e. The predicted molar refractivity (Wildman–Crippen MR) is 127 cm³/mol. The molecule has 2 heterocycles. The van der Waals surface area contributed by atoms with Crippen molar-refractivity contribution in [2.45, 2.75) is 50.1 Å². The second-order valence-corrected chi connectivity index (χ2v) is 11.1. The number of fused-ring (bicyclic) bond motifs is 1. The second kappa shape index (κ2) is 9.30. The molecule has 0 aromatic heterocycles. The Morgan fingerprint density at radius 1 is 1.12 bits per heavy atom. The van der Waals surface area contributed by atoms with Crippen molar-refractivity contribution in [3.05, 3.63) is 65.2 Å². The average Bonchev–Trinajstić information content (AvgIpc) is 2.76. The van der Waals surface area contributed by atoms with E-state index in [1.165, 1.54) is 4.31 Å². The molecule has 1 N–H and O–H groups in total. The van der Waals surface area contributed by atoms with Gasteiger partial charge in [-0.3, -0.25) is 4.79 Å². The number of benzene rings is 2. The monoisotopic (exact) mass is 466 g/mol. The number of hydrogen-bond acceptors (Lipinski definition) is 4. The molecule has 7 heteroatoms. The van der Waals surface area contributed by atoms with E-state index in [-0.39, 0.29) is 48.5 Å². The number of aliphatic hydroxyl groups is 1. The number of aliphatic hydroxyl groups excluding tert-OH is 1. The summed E-state index contributed by atoms with van der Waals surface area (Å²) in [6, 6.07) is 14.0. The van der Waals surface area contributed by atoms with Crippen LogP contribution in [0.25, 0.3) is 0 Å². The molecule has 33 heavy (non-hydrogen) atoms. The van der Waals surface area contributed by atoms with Gasteiger partial charge in [0.15, 0.2) is 0 Å². The van der Waals surface area contributed by atoms with E-state index in [2.05, 4.69) is 25.7 Å². The molecule has 3 atom stereocenters. The largest absolute Gasteiger partial charge is 0.394 e. The van der Waals surface area contributed by atoms with Gasteiger partial charge < -0.3 is 10.0 Å². The number of aryl methyl sites for hydroxylation is 1. The fourth-order valence-corrected chi connectivity index (χ4v) is 6.42. The van der Waals surface area contributed by atoms with Crippen molar-refractivity contribution in [3.63, 3.8) is 0 Å². The van der Waals surface area contributed by atoms with Gasteiger partial charge in [-0.2, -0.15) is 4.31 Å². The maximum Gasteiger partial charge on any atom is 0.243 e. The van der Waals surface area contributed by atoms with Gasteiger partial charge in [-0.25, -0.2) is 8.42 Å². The van der Waals surface area contributed by atoms with Crippen molar-refractivity contribution in [1.29, 1.82) is 0 Å². The lowest BCUT2D eigenvalue weighted by atomic mass is 9.74. The predicted octanol–water partition coefficient (Wildman–Crippen LogP) is 2.75. The van der Waals surface area contributed by atoms with Gasteiger partial charge in [0, 0.05) is 24.4 Å². The van der Waals surface area contributed by atoms with Crippen molar-refractivity contribution in [2.75, 3.05) is 19.7 Å². The number of hydrogen-bond donors (Lipinski definition) is 1. The summed E-state index contributed by atoms with van der Waals surface area (Å²) < 4.78 is 27.9. The highest BCUT2D eigenvalue weighted by molar-refractivity contribution is 7.89. The molecule has 4 rings (SSSR count). The van der Waals surface area contributed by atoms with Crippen LogP contribution < -0.4 is 0 Å². The average molecular weight is 467 g/mol. The molecule has 0 bridgehead atoms. The number of carbonyl (C=O) groups is 1. The van der Waals surface area contributed by atoms with Crippen LogP contribution in [0.1, 0.15) is 42.9 Å². The van der Waals surface area contributed by atoms with Crippen LogP contribution in [0.2, 0.25) is 0 Å². The lowest BCUT2D eigenvalue weighted by Gasteiger charge is -2.58. The number of amides is 1.